The minimum absolute atomic E-state index is 0. The van der Waals surface area contributed by atoms with Crippen LogP contribution >= 0.6 is 0 Å². The Kier molecular flexibility index (Phi) is 9.14. The van der Waals surface area contributed by atoms with Crippen molar-refractivity contribution in [2.75, 3.05) is 0 Å². The number of amides is 1. The van der Waals surface area contributed by atoms with Gasteiger partial charge < -0.3 is 24.8 Å². The number of halogens is 2. The first-order valence-corrected chi connectivity index (χ1v) is 23.7. The Balaban J connectivity index is 0.00000181. The van der Waals surface area contributed by atoms with Crippen LogP contribution in [0.3, 0.4) is 0 Å². The summed E-state index contributed by atoms with van der Waals surface area (Å²) in [7, 11) is 0. The zero-order valence-electron chi connectivity index (χ0n) is 19.2. The van der Waals surface area contributed by atoms with Crippen molar-refractivity contribution in [1.82, 2.24) is 3.30 Å². The van der Waals surface area contributed by atoms with Gasteiger partial charge in [0.25, 0.3) is 0 Å². The molecule has 1 aliphatic rings. The minimum atomic E-state index is -2.53. The molecule has 0 saturated carbocycles. The monoisotopic (exact) mass is 650 g/mol. The molecule has 6 heteroatoms. The zero-order chi connectivity index (χ0) is 21.5. The SMILES string of the molecule is C[SiH](C)[Hf+2]([NH]C(=O)c1ccccc1C(C)(C)C)[CH]1c2ccccc2-c2ccccc21.[Cl-].[Cl-]. The van der Waals surface area contributed by atoms with Crippen molar-refractivity contribution in [3.63, 3.8) is 0 Å². The summed E-state index contributed by atoms with van der Waals surface area (Å²) in [6, 6.07) is 25.8. The van der Waals surface area contributed by atoms with Crippen molar-refractivity contribution in [3.8, 4) is 11.1 Å². The van der Waals surface area contributed by atoms with E-state index in [9.17, 15) is 4.79 Å². The molecule has 0 fully saturated rings. The summed E-state index contributed by atoms with van der Waals surface area (Å²) in [6.45, 7) is 11.4. The molecule has 0 aromatic heterocycles. The molecular formula is C26H30Cl2HfNOSi. The smallest absolute Gasteiger partial charge is 1.00 e. The predicted octanol–water partition coefficient (Wildman–Crippen LogP) is 0.00850. The van der Waals surface area contributed by atoms with Crippen molar-refractivity contribution < 1.29 is 50.5 Å². The van der Waals surface area contributed by atoms with Crippen LogP contribution < -0.4 is 28.1 Å². The van der Waals surface area contributed by atoms with E-state index in [0.29, 0.717) is 3.67 Å². The largest absolute Gasteiger partial charge is 1.00 e. The average molecular weight is 650 g/mol. The number of fused-ring (bicyclic) bond motifs is 3. The van der Waals surface area contributed by atoms with E-state index >= 15 is 0 Å². The summed E-state index contributed by atoms with van der Waals surface area (Å²) in [4.78, 5) is 13.6. The van der Waals surface area contributed by atoms with Crippen LogP contribution in [0.25, 0.3) is 11.1 Å². The van der Waals surface area contributed by atoms with E-state index in [2.05, 4.69) is 91.8 Å². The molecule has 3 aromatic rings. The fraction of sp³-hybridized carbons (Fsp3) is 0.269. The van der Waals surface area contributed by atoms with Gasteiger partial charge in [0.2, 0.25) is 0 Å². The van der Waals surface area contributed by atoms with E-state index in [-0.39, 0.29) is 36.1 Å². The van der Waals surface area contributed by atoms with Crippen molar-refractivity contribution in [3.05, 3.63) is 95.1 Å². The second-order valence-corrected chi connectivity index (χ2v) is 35.6. The van der Waals surface area contributed by atoms with Gasteiger partial charge in [0.15, 0.2) is 0 Å². The summed E-state index contributed by atoms with van der Waals surface area (Å²) >= 11 is -2.53. The summed E-state index contributed by atoms with van der Waals surface area (Å²) in [5.41, 5.74) is 7.52. The van der Waals surface area contributed by atoms with Crippen molar-refractivity contribution in [1.29, 1.82) is 0 Å². The molecule has 0 saturated heterocycles. The molecule has 1 amide bonds. The number of carbonyl (C=O) groups excluding carboxylic acids is 1. The third kappa shape index (κ3) is 5.14. The maximum atomic E-state index is 13.6. The van der Waals surface area contributed by atoms with Gasteiger partial charge >= 0.3 is 190 Å². The Hall–Kier alpha value is -1.20. The molecule has 0 bridgehead atoms. The molecule has 0 spiro atoms. The fourth-order valence-electron chi connectivity index (χ4n) is 4.57. The molecule has 0 aliphatic heterocycles. The van der Waals surface area contributed by atoms with Crippen LogP contribution in [0.1, 0.15) is 51.5 Å². The molecule has 4 rings (SSSR count). The van der Waals surface area contributed by atoms with E-state index in [4.69, 9.17) is 0 Å². The third-order valence-corrected chi connectivity index (χ3v) is 30.9. The number of nitrogens with one attached hydrogen (secondary N) is 1. The number of rotatable bonds is 4. The van der Waals surface area contributed by atoms with Gasteiger partial charge in [0.1, 0.15) is 0 Å². The Morgan fingerprint density at radius 3 is 1.78 bits per heavy atom. The molecule has 167 valence electrons. The van der Waals surface area contributed by atoms with Gasteiger partial charge in [-0.2, -0.15) is 0 Å². The first-order valence-electron chi connectivity index (χ1n) is 10.7. The maximum Gasteiger partial charge on any atom is -1.00 e. The quantitative estimate of drug-likeness (QED) is 0.397. The second kappa shape index (κ2) is 10.8. The van der Waals surface area contributed by atoms with Gasteiger partial charge in [-0.15, -0.1) is 0 Å². The Morgan fingerprint density at radius 1 is 0.812 bits per heavy atom. The van der Waals surface area contributed by atoms with E-state index in [1.807, 2.05) is 18.2 Å². The van der Waals surface area contributed by atoms with E-state index in [1.54, 1.807) is 0 Å². The zero-order valence-corrected chi connectivity index (χ0v) is 25.5. The van der Waals surface area contributed by atoms with Crippen LogP contribution in [0, 0.1) is 0 Å². The maximum absolute atomic E-state index is 13.6. The summed E-state index contributed by atoms with van der Waals surface area (Å²) < 4.78 is 4.14. The van der Waals surface area contributed by atoms with Crippen LogP contribution in [0.4, 0.5) is 0 Å². The molecule has 2 nitrogen and oxygen atoms in total. The van der Waals surface area contributed by atoms with Crippen LogP contribution in [0.15, 0.2) is 72.8 Å². The molecule has 0 unspecified atom stereocenters. The van der Waals surface area contributed by atoms with Crippen molar-refractivity contribution in [2.45, 2.75) is 43.0 Å². The standard InChI is InChI=1S/C13H9.C11H15NO.C2H7Si.2ClH.Hf/c1-3-7-12-10(5-1)9-11-6-2-4-8-13(11)12;1-11(2,3)9-7-5-4-6-8(9)10(12)13;1-3-2;;;/h1-9H;4-7H,1-3H3,(H2,12,13);3H,1-2H3;2*1H;/q;;;;;+3/p-3. The van der Waals surface area contributed by atoms with E-state index in [1.165, 1.54) is 22.3 Å². The van der Waals surface area contributed by atoms with Gasteiger partial charge in [0, 0.05) is 0 Å². The van der Waals surface area contributed by atoms with Crippen molar-refractivity contribution >= 4 is 11.9 Å². The minimum Gasteiger partial charge on any atom is -1.00 e. The van der Waals surface area contributed by atoms with E-state index < -0.39 is 26.9 Å². The number of hydrogen-bond donors (Lipinski definition) is 1. The molecule has 0 radical (unpaired) electrons. The third-order valence-electron chi connectivity index (χ3n) is 6.00. The van der Waals surface area contributed by atoms with Crippen LogP contribution in [0.5, 0.6) is 0 Å². The molecule has 32 heavy (non-hydrogen) atoms. The van der Waals surface area contributed by atoms with Gasteiger partial charge in [-0.25, -0.2) is 0 Å². The second-order valence-electron chi connectivity index (χ2n) is 9.47. The first-order chi connectivity index (χ1) is 14.3. The Bertz CT molecular complexity index is 1050. The van der Waals surface area contributed by atoms with Crippen LogP contribution in [-0.2, 0) is 26.3 Å². The number of carbonyl (C=O) groups is 1. The molecule has 0 atom stereocenters. The summed E-state index contributed by atoms with van der Waals surface area (Å²) in [5.74, 6) is -0.868. The van der Waals surface area contributed by atoms with Gasteiger partial charge in [-0.05, 0) is 0 Å². The normalized spacial score (nSPS) is 12.3. The number of hydrogen-bond acceptors (Lipinski definition) is 1. The molecular weight excluding hydrogens is 620 g/mol. The van der Waals surface area contributed by atoms with Crippen molar-refractivity contribution in [2.24, 2.45) is 0 Å². The first kappa shape index (κ1) is 27.0. The van der Waals surface area contributed by atoms with E-state index in [0.717, 1.165) is 11.1 Å². The Morgan fingerprint density at radius 2 is 1.28 bits per heavy atom. The molecule has 0 heterocycles. The predicted molar refractivity (Wildman–Crippen MR) is 125 cm³/mol. The topological polar surface area (TPSA) is 29.1 Å². The summed E-state index contributed by atoms with van der Waals surface area (Å²) in [5, 5.41) is 0. The van der Waals surface area contributed by atoms with Crippen LogP contribution in [0.2, 0.25) is 13.1 Å². The molecule has 3 aromatic carbocycles. The van der Waals surface area contributed by atoms with Gasteiger partial charge in [-0.1, -0.05) is 0 Å². The number of benzene rings is 3. The van der Waals surface area contributed by atoms with Gasteiger partial charge in [-0.3, -0.25) is 0 Å². The molecule has 1 aliphatic carbocycles. The average Bonchev–Trinajstić information content (AvgIpc) is 3.05. The van der Waals surface area contributed by atoms with Crippen LogP contribution in [-0.4, -0.2) is 11.9 Å². The Labute approximate surface area is 213 Å². The van der Waals surface area contributed by atoms with Gasteiger partial charge in [0.05, 0.1) is 0 Å². The molecule has 1 N–H and O–H groups in total. The fourth-order valence-corrected chi connectivity index (χ4v) is 26.0. The summed E-state index contributed by atoms with van der Waals surface area (Å²) in [6.07, 6.45) is 0.